The van der Waals surface area contributed by atoms with Crippen LogP contribution >= 0.6 is 23.5 Å². The monoisotopic (exact) mass is 630 g/mol. The molecule has 2 heterocycles. The van der Waals surface area contributed by atoms with E-state index in [1.54, 1.807) is 60.7 Å². The fraction of sp³-hybridized carbons (Fsp3) is 0.444. The molecule has 2 aromatic rings. The van der Waals surface area contributed by atoms with E-state index in [4.69, 9.17) is 28.4 Å². The Balaban J connectivity index is 1.21. The lowest BCUT2D eigenvalue weighted by Crippen LogP contribution is -2.38. The van der Waals surface area contributed by atoms with Gasteiger partial charge in [0.1, 0.15) is 37.3 Å². The summed E-state index contributed by atoms with van der Waals surface area (Å²) in [6.07, 6.45) is -10.5. The Morgan fingerprint density at radius 1 is 0.619 bits per heavy atom. The summed E-state index contributed by atoms with van der Waals surface area (Å²) >= 11 is 1.38. The highest BCUT2D eigenvalue weighted by Gasteiger charge is 2.49. The first-order chi connectivity index (χ1) is 20.2. The van der Waals surface area contributed by atoms with E-state index in [1.807, 2.05) is 0 Å². The topological polar surface area (TPSA) is 147 Å². The van der Waals surface area contributed by atoms with Gasteiger partial charge in [-0.05, 0) is 11.1 Å². The maximum atomic E-state index is 14.5. The van der Waals surface area contributed by atoms with Gasteiger partial charge in [0, 0.05) is 0 Å². The highest BCUT2D eigenvalue weighted by Crippen LogP contribution is 2.38. The van der Waals surface area contributed by atoms with Crippen molar-refractivity contribution >= 4 is 42.0 Å². The lowest BCUT2D eigenvalue weighted by Gasteiger charge is -2.21. The molecule has 0 radical (unpaired) electrons. The molecule has 0 saturated carbocycles. The van der Waals surface area contributed by atoms with Gasteiger partial charge in [-0.3, -0.25) is 0 Å². The molecule has 11 nitrogen and oxygen atoms in total. The lowest BCUT2D eigenvalue weighted by molar-refractivity contribution is -0.0317. The highest BCUT2D eigenvalue weighted by atomic mass is 32.2. The van der Waals surface area contributed by atoms with Gasteiger partial charge in [0.25, 0.3) is 0 Å². The second kappa shape index (κ2) is 15.3. The number of hydrogen-bond donors (Lipinski definition) is 2. The average molecular weight is 631 g/mol. The molecular weight excluding hydrogens is 602 g/mol. The van der Waals surface area contributed by atoms with Gasteiger partial charge in [-0.25, -0.2) is 23.2 Å². The Hall–Kier alpha value is -3.27. The van der Waals surface area contributed by atoms with Crippen LogP contribution in [0.25, 0.3) is 0 Å². The van der Waals surface area contributed by atoms with E-state index in [9.17, 15) is 33.4 Å². The summed E-state index contributed by atoms with van der Waals surface area (Å²) in [4.78, 5) is 36.4. The predicted molar refractivity (Wildman–Crippen MR) is 145 cm³/mol. The summed E-state index contributed by atoms with van der Waals surface area (Å²) in [5.41, 5.74) is -1.73. The summed E-state index contributed by atoms with van der Waals surface area (Å²) in [5, 5.41) is 17.8. The van der Waals surface area contributed by atoms with E-state index in [1.165, 1.54) is 0 Å². The molecule has 42 heavy (non-hydrogen) atoms. The van der Waals surface area contributed by atoms with Crippen molar-refractivity contribution in [2.24, 2.45) is 0 Å². The summed E-state index contributed by atoms with van der Waals surface area (Å²) in [6.45, 7) is -1.24. The van der Waals surface area contributed by atoms with Crippen LogP contribution in [0.4, 0.5) is 23.2 Å². The van der Waals surface area contributed by atoms with Crippen molar-refractivity contribution in [3.63, 3.8) is 0 Å². The van der Waals surface area contributed by atoms with E-state index in [0.717, 1.165) is 0 Å². The zero-order valence-electron chi connectivity index (χ0n) is 21.9. The number of hydrogen-bond acceptors (Lipinski definition) is 13. The molecule has 0 amide bonds. The number of ether oxygens (including phenoxy) is 6. The second-order valence-corrected chi connectivity index (χ2v) is 11.8. The number of rotatable bonds is 10. The third kappa shape index (κ3) is 8.86. The van der Waals surface area contributed by atoms with E-state index < -0.39 is 77.6 Å². The van der Waals surface area contributed by atoms with Crippen LogP contribution in [0.3, 0.4) is 0 Å². The van der Waals surface area contributed by atoms with Gasteiger partial charge in [0.2, 0.25) is 0 Å². The molecular formula is C27H28F2O11S2. The molecule has 2 aliphatic rings. The molecule has 15 heteroatoms. The lowest BCUT2D eigenvalue weighted by atomic mass is 10.2. The van der Waals surface area contributed by atoms with Crippen LogP contribution in [-0.4, -0.2) is 87.8 Å². The van der Waals surface area contributed by atoms with Crippen molar-refractivity contribution < 1.29 is 61.8 Å². The van der Waals surface area contributed by atoms with Crippen LogP contribution in [0, 0.1) is 0 Å². The summed E-state index contributed by atoms with van der Waals surface area (Å²) < 4.78 is 59.1. The molecule has 8 atom stereocenters. The zero-order valence-corrected chi connectivity index (χ0v) is 23.5. The zero-order chi connectivity index (χ0) is 30.1. The standard InChI is InChI=1S/C27H28F2O11S2/c28-19-21(39-26(33)35-11-15-7-3-1-4-8-15)17(41-23(19)30)13-37-25(32)38-14-18-22(20(29)24(31)42-18)40-27(34)36-12-16-9-5-2-6-10-16/h1-10,17-24,30-31H,11-14H2/t17-,18-,19+,20+,21-,22-,23?,24?/m1/s1. The molecule has 0 bridgehead atoms. The first kappa shape index (κ1) is 31.7. The fourth-order valence-corrected chi connectivity index (χ4v) is 6.35. The van der Waals surface area contributed by atoms with Gasteiger partial charge in [0.05, 0.1) is 10.5 Å². The van der Waals surface area contributed by atoms with Gasteiger partial charge >= 0.3 is 18.5 Å². The van der Waals surface area contributed by atoms with Crippen LogP contribution < -0.4 is 0 Å². The Morgan fingerprint density at radius 3 is 1.38 bits per heavy atom. The fourth-order valence-electron chi connectivity index (χ4n) is 4.01. The summed E-state index contributed by atoms with van der Waals surface area (Å²) in [7, 11) is 0. The van der Waals surface area contributed by atoms with Gasteiger partial charge in [-0.15, -0.1) is 23.5 Å². The quantitative estimate of drug-likeness (QED) is 0.287. The molecule has 4 rings (SSSR count). The van der Waals surface area contributed by atoms with Gasteiger partial charge in [-0.2, -0.15) is 0 Å². The molecule has 2 unspecified atom stereocenters. The molecule has 2 N–H and O–H groups in total. The molecule has 2 fully saturated rings. The van der Waals surface area contributed by atoms with Gasteiger partial charge in [0.15, 0.2) is 24.6 Å². The third-order valence-corrected chi connectivity index (χ3v) is 8.71. The molecule has 2 aliphatic heterocycles. The number of thioether (sulfide) groups is 2. The number of carbonyl (C=O) groups excluding carboxylic acids is 3. The number of alkyl halides is 2. The van der Waals surface area contributed by atoms with Gasteiger partial charge in [-0.1, -0.05) is 60.7 Å². The maximum Gasteiger partial charge on any atom is 0.509 e. The average Bonchev–Trinajstić information content (AvgIpc) is 3.42. The highest BCUT2D eigenvalue weighted by molar-refractivity contribution is 8.01. The smallest absolute Gasteiger partial charge is 0.433 e. The van der Waals surface area contributed by atoms with Crippen molar-refractivity contribution in [2.75, 3.05) is 13.2 Å². The number of carbonyl (C=O) groups is 3. The van der Waals surface area contributed by atoms with E-state index >= 15 is 0 Å². The molecule has 0 aliphatic carbocycles. The number of aliphatic hydroxyl groups is 2. The Kier molecular flexibility index (Phi) is 11.5. The van der Waals surface area contributed by atoms with E-state index in [0.29, 0.717) is 34.7 Å². The molecule has 0 aromatic heterocycles. The molecule has 228 valence electrons. The van der Waals surface area contributed by atoms with Crippen molar-refractivity contribution in [3.05, 3.63) is 71.8 Å². The largest absolute Gasteiger partial charge is 0.509 e. The van der Waals surface area contributed by atoms with Gasteiger partial charge < -0.3 is 38.6 Å². The van der Waals surface area contributed by atoms with E-state index in [2.05, 4.69) is 0 Å². The second-order valence-electron chi connectivity index (χ2n) is 9.10. The Labute approximate surface area is 247 Å². The first-order valence-electron chi connectivity index (χ1n) is 12.7. The summed E-state index contributed by atoms with van der Waals surface area (Å²) in [6, 6.07) is 17.4. The normalized spacial score (nSPS) is 28.5. The third-order valence-electron chi connectivity index (χ3n) is 6.13. The van der Waals surface area contributed by atoms with Crippen LogP contribution in [-0.2, 0) is 41.6 Å². The van der Waals surface area contributed by atoms with Crippen molar-refractivity contribution in [2.45, 2.75) is 59.1 Å². The maximum absolute atomic E-state index is 14.5. The number of benzene rings is 2. The van der Waals surface area contributed by atoms with Crippen LogP contribution in [0.15, 0.2) is 60.7 Å². The van der Waals surface area contributed by atoms with E-state index in [-0.39, 0.29) is 13.2 Å². The minimum absolute atomic E-state index is 0.115. The number of aliphatic hydroxyl groups excluding tert-OH is 2. The van der Waals surface area contributed by atoms with Crippen LogP contribution in [0.2, 0.25) is 0 Å². The molecule has 2 saturated heterocycles. The van der Waals surface area contributed by atoms with Crippen molar-refractivity contribution in [3.8, 4) is 0 Å². The van der Waals surface area contributed by atoms with Crippen molar-refractivity contribution in [1.29, 1.82) is 0 Å². The summed E-state index contributed by atoms with van der Waals surface area (Å²) in [5.74, 6) is 0. The first-order valence-corrected chi connectivity index (χ1v) is 14.6. The minimum Gasteiger partial charge on any atom is -0.433 e. The molecule has 2 aromatic carbocycles. The Bertz CT molecular complexity index is 1090. The Morgan fingerprint density at radius 2 is 1.00 bits per heavy atom. The van der Waals surface area contributed by atoms with Crippen molar-refractivity contribution in [1.82, 2.24) is 0 Å². The minimum atomic E-state index is -1.97. The SMILES string of the molecule is O=C(OC[C@H]1SC(O)[C@@H](F)[C@@H]1OC(=O)OCc1ccccc1)OC[C@H]1SC(O)[C@@H](F)[C@@H]1OC(=O)OCc1ccccc1. The van der Waals surface area contributed by atoms with Crippen LogP contribution in [0.1, 0.15) is 11.1 Å². The van der Waals surface area contributed by atoms with Crippen LogP contribution in [0.5, 0.6) is 0 Å². The number of halogens is 2. The molecule has 0 spiro atoms. The predicted octanol–water partition coefficient (Wildman–Crippen LogP) is 4.13.